The number of imidazole rings is 1. The van der Waals surface area contributed by atoms with Crippen molar-refractivity contribution in [3.8, 4) is 0 Å². The Kier molecular flexibility index (Phi) is 3.30. The van der Waals surface area contributed by atoms with Gasteiger partial charge in [-0.25, -0.2) is 9.78 Å². The number of aryl methyl sites for hydroxylation is 2. The summed E-state index contributed by atoms with van der Waals surface area (Å²) in [5.41, 5.74) is 1.65. The van der Waals surface area contributed by atoms with Crippen molar-refractivity contribution >= 4 is 5.97 Å². The molecule has 0 aliphatic carbocycles. The highest BCUT2D eigenvalue weighted by Crippen LogP contribution is 2.28. The zero-order valence-corrected chi connectivity index (χ0v) is 11.7. The maximum Gasteiger partial charge on any atom is 0.358 e. The molecule has 0 aromatic carbocycles. The number of hydrogen-bond acceptors (Lipinski definition) is 4. The van der Waals surface area contributed by atoms with E-state index in [9.17, 15) is 4.79 Å². The van der Waals surface area contributed by atoms with Crippen LogP contribution in [0.3, 0.4) is 0 Å². The Morgan fingerprint density at radius 3 is 3.05 bits per heavy atom. The second-order valence-corrected chi connectivity index (χ2v) is 5.10. The highest BCUT2D eigenvalue weighted by molar-refractivity contribution is 5.87. The topological polar surface area (TPSA) is 61.9 Å². The van der Waals surface area contributed by atoms with Crippen molar-refractivity contribution in [1.82, 2.24) is 19.3 Å². The third kappa shape index (κ3) is 2.33. The van der Waals surface area contributed by atoms with Gasteiger partial charge in [-0.05, 0) is 18.9 Å². The van der Waals surface area contributed by atoms with Gasteiger partial charge in [0.2, 0.25) is 0 Å². The van der Waals surface area contributed by atoms with E-state index in [1.54, 1.807) is 13.1 Å². The van der Waals surface area contributed by atoms with Crippen LogP contribution in [0, 0.1) is 0 Å². The van der Waals surface area contributed by atoms with Gasteiger partial charge in [-0.1, -0.05) is 0 Å². The average Bonchev–Trinajstić information content (AvgIpc) is 3.04. The van der Waals surface area contributed by atoms with Crippen LogP contribution in [-0.2, 0) is 24.8 Å². The fourth-order valence-corrected chi connectivity index (χ4v) is 2.67. The van der Waals surface area contributed by atoms with Crippen molar-refractivity contribution in [2.45, 2.75) is 32.2 Å². The number of carbonyl (C=O) groups is 1. The predicted octanol–water partition coefficient (Wildman–Crippen LogP) is 1.52. The van der Waals surface area contributed by atoms with Gasteiger partial charge < -0.3 is 9.30 Å². The predicted molar refractivity (Wildman–Crippen MR) is 72.5 cm³/mol. The third-order valence-corrected chi connectivity index (χ3v) is 3.67. The second-order valence-electron chi connectivity index (χ2n) is 5.10. The molecule has 6 nitrogen and oxygen atoms in total. The van der Waals surface area contributed by atoms with Gasteiger partial charge in [0.05, 0.1) is 12.8 Å². The quantitative estimate of drug-likeness (QED) is 0.796. The molecule has 0 saturated heterocycles. The molecular weight excluding hydrogens is 256 g/mol. The summed E-state index contributed by atoms with van der Waals surface area (Å²) in [6, 6.07) is 0. The maximum absolute atomic E-state index is 11.7. The lowest BCUT2D eigenvalue weighted by molar-refractivity contribution is 0.0520. The number of carbonyl (C=O) groups excluding carboxylic acids is 1. The number of rotatable bonds is 3. The van der Waals surface area contributed by atoms with E-state index < -0.39 is 0 Å². The molecule has 0 bridgehead atoms. The van der Waals surface area contributed by atoms with Crippen molar-refractivity contribution < 1.29 is 9.53 Å². The van der Waals surface area contributed by atoms with E-state index in [1.807, 2.05) is 17.9 Å². The van der Waals surface area contributed by atoms with Gasteiger partial charge in [-0.15, -0.1) is 0 Å². The summed E-state index contributed by atoms with van der Waals surface area (Å²) in [5, 5.41) is 4.22. The number of hydrogen-bond donors (Lipinski definition) is 0. The highest BCUT2D eigenvalue weighted by atomic mass is 16.5. The van der Waals surface area contributed by atoms with Crippen molar-refractivity contribution in [2.75, 3.05) is 6.61 Å². The minimum absolute atomic E-state index is 0.340. The van der Waals surface area contributed by atoms with Gasteiger partial charge in [-0.3, -0.25) is 4.68 Å². The van der Waals surface area contributed by atoms with E-state index in [1.165, 1.54) is 5.56 Å². The minimum Gasteiger partial charge on any atom is -0.461 e. The van der Waals surface area contributed by atoms with Gasteiger partial charge in [0.25, 0.3) is 0 Å². The SMILES string of the molecule is CCOC(=O)c1cn2c(n1)CC[C@@H](c1cnn(C)c1)C2. The molecule has 0 fully saturated rings. The summed E-state index contributed by atoms with van der Waals surface area (Å²) < 4.78 is 8.88. The molecule has 0 saturated carbocycles. The molecule has 0 unspecified atom stereocenters. The third-order valence-electron chi connectivity index (χ3n) is 3.67. The molecule has 2 aromatic heterocycles. The van der Waals surface area contributed by atoms with Gasteiger partial charge in [0.1, 0.15) is 5.82 Å². The lowest BCUT2D eigenvalue weighted by atomic mass is 9.94. The van der Waals surface area contributed by atoms with Crippen LogP contribution in [-0.4, -0.2) is 31.9 Å². The average molecular weight is 274 g/mol. The normalized spacial score (nSPS) is 17.8. The lowest BCUT2D eigenvalue weighted by Crippen LogP contribution is -2.18. The second kappa shape index (κ2) is 5.11. The molecule has 20 heavy (non-hydrogen) atoms. The molecule has 3 heterocycles. The van der Waals surface area contributed by atoms with Gasteiger partial charge in [0.15, 0.2) is 5.69 Å². The van der Waals surface area contributed by atoms with E-state index in [2.05, 4.69) is 20.8 Å². The highest BCUT2D eigenvalue weighted by Gasteiger charge is 2.24. The molecule has 0 amide bonds. The number of aromatic nitrogens is 4. The van der Waals surface area contributed by atoms with Crippen molar-refractivity contribution in [1.29, 1.82) is 0 Å². The van der Waals surface area contributed by atoms with Gasteiger partial charge in [0, 0.05) is 38.3 Å². The van der Waals surface area contributed by atoms with Crippen LogP contribution < -0.4 is 0 Å². The van der Waals surface area contributed by atoms with Crippen LogP contribution in [0.2, 0.25) is 0 Å². The van der Waals surface area contributed by atoms with Crippen LogP contribution in [0.1, 0.15) is 41.1 Å². The summed E-state index contributed by atoms with van der Waals surface area (Å²) in [6.45, 7) is 3.01. The zero-order valence-electron chi connectivity index (χ0n) is 11.7. The Hall–Kier alpha value is -2.11. The van der Waals surface area contributed by atoms with Crippen molar-refractivity contribution in [3.05, 3.63) is 35.7 Å². The summed E-state index contributed by atoms with van der Waals surface area (Å²) in [7, 11) is 1.92. The Morgan fingerprint density at radius 2 is 2.35 bits per heavy atom. The number of esters is 1. The van der Waals surface area contributed by atoms with Crippen LogP contribution in [0.4, 0.5) is 0 Å². The number of nitrogens with zero attached hydrogens (tertiary/aromatic N) is 4. The number of fused-ring (bicyclic) bond motifs is 1. The molecule has 0 radical (unpaired) electrons. The first kappa shape index (κ1) is 12.9. The number of ether oxygens (including phenoxy) is 1. The standard InChI is InChI=1S/C14H18N4O2/c1-3-20-14(19)12-9-18-8-10(4-5-13(18)16-12)11-6-15-17(2)7-11/h6-7,9-10H,3-5,8H2,1-2H3/t10-/m1/s1. The van der Waals surface area contributed by atoms with Gasteiger partial charge >= 0.3 is 5.97 Å². The van der Waals surface area contributed by atoms with Crippen LogP contribution in [0.25, 0.3) is 0 Å². The Balaban J connectivity index is 1.79. The fraction of sp³-hybridized carbons (Fsp3) is 0.500. The molecule has 1 atom stereocenters. The van der Waals surface area contributed by atoms with E-state index in [0.29, 0.717) is 18.2 Å². The van der Waals surface area contributed by atoms with Crippen molar-refractivity contribution in [3.63, 3.8) is 0 Å². The van der Waals surface area contributed by atoms with E-state index in [-0.39, 0.29) is 5.97 Å². The Labute approximate surface area is 117 Å². The Bertz CT molecular complexity index is 629. The van der Waals surface area contributed by atoms with Crippen LogP contribution in [0.15, 0.2) is 18.6 Å². The molecule has 0 N–H and O–H groups in total. The largest absolute Gasteiger partial charge is 0.461 e. The molecule has 106 valence electrons. The maximum atomic E-state index is 11.7. The summed E-state index contributed by atoms with van der Waals surface area (Å²) in [5.74, 6) is 1.06. The minimum atomic E-state index is -0.340. The van der Waals surface area contributed by atoms with Gasteiger partial charge in [-0.2, -0.15) is 5.10 Å². The fourth-order valence-electron chi connectivity index (χ4n) is 2.67. The molecule has 6 heteroatoms. The molecular formula is C14H18N4O2. The molecule has 0 spiro atoms. The first-order valence-electron chi connectivity index (χ1n) is 6.89. The molecule has 1 aliphatic heterocycles. The van der Waals surface area contributed by atoms with E-state index >= 15 is 0 Å². The Morgan fingerprint density at radius 1 is 1.50 bits per heavy atom. The summed E-state index contributed by atoms with van der Waals surface area (Å²) >= 11 is 0. The van der Waals surface area contributed by atoms with Crippen molar-refractivity contribution in [2.24, 2.45) is 7.05 Å². The van der Waals surface area contributed by atoms with E-state index in [4.69, 9.17) is 4.74 Å². The summed E-state index contributed by atoms with van der Waals surface area (Å²) in [4.78, 5) is 16.1. The first-order valence-corrected chi connectivity index (χ1v) is 6.89. The first-order chi connectivity index (χ1) is 9.67. The monoisotopic (exact) mass is 274 g/mol. The molecule has 2 aromatic rings. The summed E-state index contributed by atoms with van der Waals surface area (Å²) in [6.07, 6.45) is 7.68. The molecule has 1 aliphatic rings. The van der Waals surface area contributed by atoms with Crippen LogP contribution >= 0.6 is 0 Å². The van der Waals surface area contributed by atoms with E-state index in [0.717, 1.165) is 25.2 Å². The smallest absolute Gasteiger partial charge is 0.358 e. The zero-order chi connectivity index (χ0) is 14.1. The molecule has 3 rings (SSSR count). The lowest BCUT2D eigenvalue weighted by Gasteiger charge is -2.22. The van der Waals surface area contributed by atoms with Crippen LogP contribution in [0.5, 0.6) is 0 Å².